The molecule has 74 valence electrons. The monoisotopic (exact) mass is 210 g/mol. The van der Waals surface area contributed by atoms with E-state index in [-0.39, 0.29) is 0 Å². The Morgan fingerprint density at radius 3 is 2.57 bits per heavy atom. The average molecular weight is 210 g/mol. The lowest BCUT2D eigenvalue weighted by molar-refractivity contribution is -0.131. The zero-order chi connectivity index (χ0) is 10.4. The fourth-order valence-corrected chi connectivity index (χ4v) is 1.46. The first-order chi connectivity index (χ1) is 6.72. The fourth-order valence-electron chi connectivity index (χ4n) is 0.825. The molecule has 1 aromatic rings. The first-order valence-corrected chi connectivity index (χ1v) is 4.80. The summed E-state index contributed by atoms with van der Waals surface area (Å²) in [6.45, 7) is 0. The Morgan fingerprint density at radius 1 is 1.43 bits per heavy atom. The van der Waals surface area contributed by atoms with Gasteiger partial charge in [0.25, 0.3) is 0 Å². The summed E-state index contributed by atoms with van der Waals surface area (Å²) in [6, 6.07) is 7.40. The summed E-state index contributed by atoms with van der Waals surface area (Å²) in [5.41, 5.74) is 0. The second-order valence-electron chi connectivity index (χ2n) is 2.43. The molecule has 1 aromatic carbocycles. The van der Waals surface area contributed by atoms with E-state index in [1.807, 2.05) is 24.3 Å². The van der Waals surface area contributed by atoms with Crippen molar-refractivity contribution in [2.24, 2.45) is 0 Å². The van der Waals surface area contributed by atoms with E-state index in [1.165, 1.54) is 17.2 Å². The summed E-state index contributed by atoms with van der Waals surface area (Å²) in [4.78, 5) is 11.1. The van der Waals surface area contributed by atoms with E-state index >= 15 is 0 Å². The van der Waals surface area contributed by atoms with Crippen molar-refractivity contribution in [3.8, 4) is 5.75 Å². The van der Waals surface area contributed by atoms with Crippen LogP contribution in [0.15, 0.2) is 40.6 Å². The minimum atomic E-state index is -0.939. The van der Waals surface area contributed by atoms with Gasteiger partial charge in [0.15, 0.2) is 0 Å². The molecule has 0 bridgehead atoms. The average Bonchev–Trinajstić information content (AvgIpc) is 2.18. The fraction of sp³-hybridized carbons (Fsp3) is 0.100. The molecule has 0 heterocycles. The maximum absolute atomic E-state index is 10.2. The second-order valence-corrected chi connectivity index (χ2v) is 3.41. The van der Waals surface area contributed by atoms with Crippen molar-refractivity contribution in [3.63, 3.8) is 0 Å². The van der Waals surface area contributed by atoms with Crippen LogP contribution in [0.3, 0.4) is 0 Å². The molecule has 0 amide bonds. The second kappa shape index (κ2) is 5.34. The normalized spacial score (nSPS) is 10.4. The summed E-state index contributed by atoms with van der Waals surface area (Å²) in [5, 5.41) is 9.89. The number of hydrogen-bond acceptors (Lipinski definition) is 3. The van der Waals surface area contributed by atoms with Gasteiger partial charge in [0.05, 0.1) is 7.11 Å². The molecule has 0 spiro atoms. The number of rotatable bonds is 4. The van der Waals surface area contributed by atoms with Crippen LogP contribution in [0.4, 0.5) is 0 Å². The molecule has 0 atom stereocenters. The van der Waals surface area contributed by atoms with Crippen LogP contribution in [-0.2, 0) is 4.79 Å². The molecular formula is C10H10O3S. The molecule has 0 unspecified atom stereocenters. The molecule has 1 rings (SSSR count). The van der Waals surface area contributed by atoms with E-state index in [4.69, 9.17) is 9.84 Å². The van der Waals surface area contributed by atoms with Crippen LogP contribution in [0, 0.1) is 0 Å². The summed E-state index contributed by atoms with van der Waals surface area (Å²) in [6.07, 6.45) is 1.11. The molecular weight excluding hydrogens is 200 g/mol. The van der Waals surface area contributed by atoms with Crippen LogP contribution in [0.25, 0.3) is 0 Å². The van der Waals surface area contributed by atoms with Gasteiger partial charge in [-0.1, -0.05) is 11.8 Å². The highest BCUT2D eigenvalue weighted by Crippen LogP contribution is 2.21. The predicted molar refractivity (Wildman–Crippen MR) is 55.6 cm³/mol. The van der Waals surface area contributed by atoms with E-state index in [2.05, 4.69) is 0 Å². The zero-order valence-corrected chi connectivity index (χ0v) is 8.45. The number of hydrogen-bond donors (Lipinski definition) is 1. The maximum Gasteiger partial charge on any atom is 0.328 e. The number of aliphatic carboxylic acids is 1. The van der Waals surface area contributed by atoms with Crippen LogP contribution < -0.4 is 4.74 Å². The van der Waals surface area contributed by atoms with E-state index in [1.54, 1.807) is 7.11 Å². The number of thioether (sulfide) groups is 1. The zero-order valence-electron chi connectivity index (χ0n) is 7.64. The number of benzene rings is 1. The topological polar surface area (TPSA) is 46.5 Å². The number of carbonyl (C=O) groups is 1. The van der Waals surface area contributed by atoms with E-state index < -0.39 is 5.97 Å². The van der Waals surface area contributed by atoms with Gasteiger partial charge in [-0.3, -0.25) is 0 Å². The molecule has 0 fully saturated rings. The van der Waals surface area contributed by atoms with Crippen LogP contribution in [-0.4, -0.2) is 18.2 Å². The third-order valence-electron chi connectivity index (χ3n) is 1.47. The molecule has 1 N–H and O–H groups in total. The highest BCUT2D eigenvalue weighted by Gasteiger charge is 1.92. The molecule has 14 heavy (non-hydrogen) atoms. The number of methoxy groups -OCH3 is 1. The van der Waals surface area contributed by atoms with Gasteiger partial charge in [-0.05, 0) is 29.7 Å². The largest absolute Gasteiger partial charge is 0.497 e. The van der Waals surface area contributed by atoms with Gasteiger partial charge in [0.2, 0.25) is 0 Å². The van der Waals surface area contributed by atoms with Crippen molar-refractivity contribution in [1.82, 2.24) is 0 Å². The Bertz CT molecular complexity index is 330. The van der Waals surface area contributed by atoms with Gasteiger partial charge in [0, 0.05) is 11.0 Å². The van der Waals surface area contributed by atoms with Gasteiger partial charge in [-0.15, -0.1) is 0 Å². The van der Waals surface area contributed by atoms with Crippen molar-refractivity contribution in [2.45, 2.75) is 4.90 Å². The Balaban J connectivity index is 2.56. The Hall–Kier alpha value is -1.42. The molecule has 0 aromatic heterocycles. The number of carboxylic acids is 1. The van der Waals surface area contributed by atoms with E-state index in [0.717, 1.165) is 16.7 Å². The van der Waals surface area contributed by atoms with Gasteiger partial charge in [-0.25, -0.2) is 4.79 Å². The number of carboxylic acid groups (broad SMARTS) is 1. The summed E-state index contributed by atoms with van der Waals surface area (Å²) in [7, 11) is 1.60. The lowest BCUT2D eigenvalue weighted by atomic mass is 10.3. The van der Waals surface area contributed by atoms with Crippen LogP contribution >= 0.6 is 11.8 Å². The molecule has 0 radical (unpaired) electrons. The molecule has 0 aliphatic rings. The highest BCUT2D eigenvalue weighted by molar-refractivity contribution is 8.02. The van der Waals surface area contributed by atoms with Crippen LogP contribution in [0.2, 0.25) is 0 Å². The molecule has 0 saturated carbocycles. The van der Waals surface area contributed by atoms with Crippen LogP contribution in [0.1, 0.15) is 0 Å². The molecule has 0 aliphatic heterocycles. The SMILES string of the molecule is COc1ccc(S/C=C\C(=O)O)cc1. The Morgan fingerprint density at radius 2 is 2.07 bits per heavy atom. The van der Waals surface area contributed by atoms with Crippen LogP contribution in [0.5, 0.6) is 5.75 Å². The van der Waals surface area contributed by atoms with Gasteiger partial charge < -0.3 is 9.84 Å². The molecule has 0 saturated heterocycles. The van der Waals surface area contributed by atoms with Gasteiger partial charge >= 0.3 is 5.97 Å². The molecule has 3 nitrogen and oxygen atoms in total. The third kappa shape index (κ3) is 3.53. The van der Waals surface area contributed by atoms with Crippen molar-refractivity contribution in [1.29, 1.82) is 0 Å². The first kappa shape index (κ1) is 10.7. The Labute approximate surface area is 86.4 Å². The highest BCUT2D eigenvalue weighted by atomic mass is 32.2. The summed E-state index contributed by atoms with van der Waals surface area (Å²) < 4.78 is 4.99. The maximum atomic E-state index is 10.2. The molecule has 4 heteroatoms. The first-order valence-electron chi connectivity index (χ1n) is 3.92. The third-order valence-corrected chi connectivity index (χ3v) is 2.29. The Kier molecular flexibility index (Phi) is 4.07. The van der Waals surface area contributed by atoms with Crippen molar-refractivity contribution in [3.05, 3.63) is 35.7 Å². The van der Waals surface area contributed by atoms with E-state index in [0.29, 0.717) is 0 Å². The van der Waals surface area contributed by atoms with Gasteiger partial charge in [-0.2, -0.15) is 0 Å². The van der Waals surface area contributed by atoms with Crippen molar-refractivity contribution >= 4 is 17.7 Å². The molecule has 0 aliphatic carbocycles. The standard InChI is InChI=1S/C10H10O3S/c1-13-8-2-4-9(5-3-8)14-7-6-10(11)12/h2-7H,1H3,(H,11,12)/b7-6-. The van der Waals surface area contributed by atoms with Crippen molar-refractivity contribution < 1.29 is 14.6 Å². The minimum absolute atomic E-state index is 0.788. The summed E-state index contributed by atoms with van der Waals surface area (Å²) in [5.74, 6) is -0.150. The summed E-state index contributed by atoms with van der Waals surface area (Å²) >= 11 is 1.35. The predicted octanol–water partition coefficient (Wildman–Crippen LogP) is 2.39. The number of ether oxygens (including phenoxy) is 1. The van der Waals surface area contributed by atoms with Gasteiger partial charge in [0.1, 0.15) is 5.75 Å². The minimum Gasteiger partial charge on any atom is -0.497 e. The van der Waals surface area contributed by atoms with E-state index in [9.17, 15) is 4.79 Å². The lowest BCUT2D eigenvalue weighted by Gasteiger charge is -1.99. The lowest BCUT2D eigenvalue weighted by Crippen LogP contribution is -1.84. The van der Waals surface area contributed by atoms with Crippen molar-refractivity contribution in [2.75, 3.05) is 7.11 Å². The quantitative estimate of drug-likeness (QED) is 0.612. The smallest absolute Gasteiger partial charge is 0.328 e.